The summed E-state index contributed by atoms with van der Waals surface area (Å²) < 4.78 is 0. The summed E-state index contributed by atoms with van der Waals surface area (Å²) in [6.45, 7) is 4.17. The van der Waals surface area contributed by atoms with E-state index in [9.17, 15) is 9.59 Å². The molecule has 3 aliphatic rings. The topological polar surface area (TPSA) is 70.2 Å². The number of hydrogen-bond acceptors (Lipinski definition) is 3. The van der Waals surface area contributed by atoms with Gasteiger partial charge < -0.3 is 16.0 Å². The molecule has 2 saturated carbocycles. The second kappa shape index (κ2) is 8.32. The molecular weight excluding hydrogens is 302 g/mol. The summed E-state index contributed by atoms with van der Waals surface area (Å²) in [7, 11) is 0. The van der Waals surface area contributed by atoms with Crippen molar-refractivity contribution in [3.63, 3.8) is 0 Å². The summed E-state index contributed by atoms with van der Waals surface area (Å²) in [4.78, 5) is 24.8. The van der Waals surface area contributed by atoms with Gasteiger partial charge in [-0.15, -0.1) is 0 Å². The number of amides is 2. The van der Waals surface area contributed by atoms with E-state index < -0.39 is 0 Å². The Morgan fingerprint density at radius 2 is 1.46 bits per heavy atom. The minimum Gasteiger partial charge on any atom is -0.353 e. The van der Waals surface area contributed by atoms with Crippen LogP contribution in [0.5, 0.6) is 0 Å². The van der Waals surface area contributed by atoms with Crippen molar-refractivity contribution in [3.8, 4) is 0 Å². The molecule has 2 atom stereocenters. The maximum atomic E-state index is 12.5. The van der Waals surface area contributed by atoms with Gasteiger partial charge in [0.15, 0.2) is 0 Å². The van der Waals surface area contributed by atoms with Gasteiger partial charge in [-0.1, -0.05) is 19.8 Å². The summed E-state index contributed by atoms with van der Waals surface area (Å²) >= 11 is 0. The molecular formula is C19H33N3O2. The molecule has 3 fully saturated rings. The molecule has 2 amide bonds. The van der Waals surface area contributed by atoms with E-state index in [-0.39, 0.29) is 35.7 Å². The summed E-state index contributed by atoms with van der Waals surface area (Å²) in [5, 5.41) is 9.84. The monoisotopic (exact) mass is 335 g/mol. The molecule has 1 saturated heterocycles. The summed E-state index contributed by atoms with van der Waals surface area (Å²) in [5.41, 5.74) is 0. The standard InChI is InChI=1S/C19H33N3O2/c1-13-10-11-20-12-17(13)22-19(24)15-6-8-16(9-7-15)21-18(23)14-4-2-3-5-14/h13-17,20H,2-12H2,1H3,(H,21,23)(H,22,24). The lowest BCUT2D eigenvalue weighted by Gasteiger charge is -2.33. The lowest BCUT2D eigenvalue weighted by molar-refractivity contribution is -0.127. The summed E-state index contributed by atoms with van der Waals surface area (Å²) in [5.74, 6) is 1.39. The normalized spacial score (nSPS) is 34.7. The number of rotatable bonds is 4. The molecule has 1 heterocycles. The molecule has 24 heavy (non-hydrogen) atoms. The first kappa shape index (κ1) is 17.7. The van der Waals surface area contributed by atoms with E-state index in [1.165, 1.54) is 12.8 Å². The maximum Gasteiger partial charge on any atom is 0.223 e. The molecule has 0 aromatic heterocycles. The van der Waals surface area contributed by atoms with Crippen molar-refractivity contribution in [2.75, 3.05) is 13.1 Å². The van der Waals surface area contributed by atoms with Gasteiger partial charge in [0.05, 0.1) is 0 Å². The average Bonchev–Trinajstić information content (AvgIpc) is 3.12. The fourth-order valence-electron chi connectivity index (χ4n) is 4.49. The van der Waals surface area contributed by atoms with Gasteiger partial charge >= 0.3 is 0 Å². The van der Waals surface area contributed by atoms with Crippen LogP contribution in [-0.2, 0) is 9.59 Å². The summed E-state index contributed by atoms with van der Waals surface area (Å²) in [6, 6.07) is 0.545. The van der Waals surface area contributed by atoms with E-state index >= 15 is 0 Å². The van der Waals surface area contributed by atoms with Crippen LogP contribution in [0.25, 0.3) is 0 Å². The Morgan fingerprint density at radius 3 is 2.12 bits per heavy atom. The van der Waals surface area contributed by atoms with Crippen LogP contribution in [0.2, 0.25) is 0 Å². The Hall–Kier alpha value is -1.10. The van der Waals surface area contributed by atoms with E-state index in [1.54, 1.807) is 0 Å². The van der Waals surface area contributed by atoms with Crippen molar-refractivity contribution in [1.82, 2.24) is 16.0 Å². The molecule has 5 heteroatoms. The zero-order chi connectivity index (χ0) is 16.9. The summed E-state index contributed by atoms with van der Waals surface area (Å²) in [6.07, 6.45) is 9.30. The van der Waals surface area contributed by atoms with Crippen molar-refractivity contribution in [1.29, 1.82) is 0 Å². The van der Waals surface area contributed by atoms with Gasteiger partial charge in [-0.25, -0.2) is 0 Å². The van der Waals surface area contributed by atoms with Gasteiger partial charge in [-0.3, -0.25) is 9.59 Å². The Labute approximate surface area is 145 Å². The highest BCUT2D eigenvalue weighted by Gasteiger charge is 2.31. The van der Waals surface area contributed by atoms with Crippen molar-refractivity contribution < 1.29 is 9.59 Å². The van der Waals surface area contributed by atoms with E-state index in [0.717, 1.165) is 58.0 Å². The molecule has 136 valence electrons. The smallest absolute Gasteiger partial charge is 0.223 e. The fraction of sp³-hybridized carbons (Fsp3) is 0.895. The number of hydrogen-bond donors (Lipinski definition) is 3. The highest BCUT2D eigenvalue weighted by Crippen LogP contribution is 2.28. The maximum absolute atomic E-state index is 12.5. The molecule has 3 rings (SSSR count). The van der Waals surface area contributed by atoms with Crippen LogP contribution in [0.3, 0.4) is 0 Å². The molecule has 0 spiro atoms. The lowest BCUT2D eigenvalue weighted by atomic mass is 9.84. The van der Waals surface area contributed by atoms with Gasteiger partial charge in [-0.05, 0) is 57.4 Å². The highest BCUT2D eigenvalue weighted by molar-refractivity contribution is 5.80. The van der Waals surface area contributed by atoms with Crippen LogP contribution in [0.4, 0.5) is 0 Å². The van der Waals surface area contributed by atoms with Crippen molar-refractivity contribution in [2.45, 2.75) is 76.8 Å². The van der Waals surface area contributed by atoms with Crippen LogP contribution in [-0.4, -0.2) is 37.0 Å². The Bertz CT molecular complexity index is 440. The quantitative estimate of drug-likeness (QED) is 0.735. The number of carbonyl (C=O) groups excluding carboxylic acids is 2. The first-order chi connectivity index (χ1) is 11.6. The molecule has 3 N–H and O–H groups in total. The van der Waals surface area contributed by atoms with Crippen LogP contribution < -0.4 is 16.0 Å². The minimum atomic E-state index is 0.124. The second-order valence-corrected chi connectivity index (χ2v) is 8.12. The molecule has 0 aromatic rings. The second-order valence-electron chi connectivity index (χ2n) is 8.12. The van der Waals surface area contributed by atoms with Crippen molar-refractivity contribution in [3.05, 3.63) is 0 Å². The minimum absolute atomic E-state index is 0.124. The van der Waals surface area contributed by atoms with Gasteiger partial charge in [0.25, 0.3) is 0 Å². The predicted octanol–water partition coefficient (Wildman–Crippen LogP) is 1.97. The number of piperidine rings is 1. The van der Waals surface area contributed by atoms with E-state index in [1.807, 2.05) is 0 Å². The lowest BCUT2D eigenvalue weighted by Crippen LogP contribution is -2.52. The van der Waals surface area contributed by atoms with Gasteiger partial charge in [0, 0.05) is 30.5 Å². The zero-order valence-electron chi connectivity index (χ0n) is 15.0. The third kappa shape index (κ3) is 4.50. The molecule has 0 radical (unpaired) electrons. The highest BCUT2D eigenvalue weighted by atomic mass is 16.2. The molecule has 5 nitrogen and oxygen atoms in total. The van der Waals surface area contributed by atoms with Crippen molar-refractivity contribution in [2.24, 2.45) is 17.8 Å². The zero-order valence-corrected chi connectivity index (χ0v) is 15.0. The van der Waals surface area contributed by atoms with Crippen LogP contribution in [0.15, 0.2) is 0 Å². The predicted molar refractivity (Wildman–Crippen MR) is 94.4 cm³/mol. The Kier molecular flexibility index (Phi) is 6.14. The van der Waals surface area contributed by atoms with Crippen LogP contribution in [0, 0.1) is 17.8 Å². The SMILES string of the molecule is CC1CCNCC1NC(=O)C1CCC(NC(=O)C2CCCC2)CC1. The van der Waals surface area contributed by atoms with E-state index in [4.69, 9.17) is 0 Å². The Balaban J connectivity index is 1.39. The Morgan fingerprint density at radius 1 is 0.833 bits per heavy atom. The van der Waals surface area contributed by atoms with E-state index in [2.05, 4.69) is 22.9 Å². The van der Waals surface area contributed by atoms with Gasteiger partial charge in [0.2, 0.25) is 11.8 Å². The first-order valence-electron chi connectivity index (χ1n) is 9.95. The van der Waals surface area contributed by atoms with E-state index in [0.29, 0.717) is 5.92 Å². The third-order valence-electron chi connectivity index (χ3n) is 6.33. The fourth-order valence-corrected chi connectivity index (χ4v) is 4.49. The first-order valence-corrected chi connectivity index (χ1v) is 9.95. The average molecular weight is 335 g/mol. The van der Waals surface area contributed by atoms with Crippen LogP contribution in [0.1, 0.15) is 64.7 Å². The number of nitrogens with one attached hydrogen (secondary N) is 3. The molecule has 0 aromatic carbocycles. The molecule has 1 aliphatic heterocycles. The molecule has 2 unspecified atom stereocenters. The van der Waals surface area contributed by atoms with Crippen LogP contribution >= 0.6 is 0 Å². The largest absolute Gasteiger partial charge is 0.353 e. The number of carbonyl (C=O) groups is 2. The van der Waals surface area contributed by atoms with Crippen molar-refractivity contribution >= 4 is 11.8 Å². The van der Waals surface area contributed by atoms with Gasteiger partial charge in [0.1, 0.15) is 0 Å². The van der Waals surface area contributed by atoms with Gasteiger partial charge in [-0.2, -0.15) is 0 Å². The third-order valence-corrected chi connectivity index (χ3v) is 6.33. The molecule has 2 aliphatic carbocycles. The molecule has 0 bridgehead atoms.